The van der Waals surface area contributed by atoms with Gasteiger partial charge in [-0.2, -0.15) is 0 Å². The van der Waals surface area contributed by atoms with Gasteiger partial charge in [0.05, 0.1) is 6.54 Å². The van der Waals surface area contributed by atoms with Gasteiger partial charge in [0.15, 0.2) is 5.96 Å². The number of hydrogen-bond donors (Lipinski definition) is 3. The van der Waals surface area contributed by atoms with Crippen molar-refractivity contribution in [2.45, 2.75) is 25.8 Å². The highest BCUT2D eigenvalue weighted by Gasteiger charge is 2.33. The van der Waals surface area contributed by atoms with Crippen LogP contribution in [0.5, 0.6) is 0 Å². The molecule has 122 valence electrons. The molecule has 1 aliphatic rings. The Bertz CT molecular complexity index is 492. The second kappa shape index (κ2) is 9.66. The Balaban J connectivity index is 0.00000242. The first-order valence-corrected chi connectivity index (χ1v) is 7.47. The number of hydrogen-bond acceptors (Lipinski definition) is 2. The summed E-state index contributed by atoms with van der Waals surface area (Å²) < 4.78 is 0. The second-order valence-corrected chi connectivity index (χ2v) is 5.48. The largest absolute Gasteiger partial charge is 0.354 e. The molecule has 1 aromatic carbocycles. The smallest absolute Gasteiger partial charge is 0.239 e. The number of benzene rings is 1. The van der Waals surface area contributed by atoms with Crippen LogP contribution >= 0.6 is 24.0 Å². The maximum atomic E-state index is 11.8. The van der Waals surface area contributed by atoms with Crippen molar-refractivity contribution in [2.24, 2.45) is 10.9 Å². The molecule has 0 heterocycles. The SMILES string of the molecule is CN=C(NCC(=O)NCCc1ccccc1)NC1CC1C.I. The summed E-state index contributed by atoms with van der Waals surface area (Å²) in [6.45, 7) is 3.09. The van der Waals surface area contributed by atoms with Crippen molar-refractivity contribution in [3.63, 3.8) is 0 Å². The van der Waals surface area contributed by atoms with Crippen LogP contribution in [-0.2, 0) is 11.2 Å². The van der Waals surface area contributed by atoms with Gasteiger partial charge in [-0.25, -0.2) is 0 Å². The zero-order chi connectivity index (χ0) is 15.1. The third-order valence-corrected chi connectivity index (χ3v) is 3.65. The quantitative estimate of drug-likeness (QED) is 0.375. The highest BCUT2D eigenvalue weighted by Crippen LogP contribution is 2.28. The highest BCUT2D eigenvalue weighted by atomic mass is 127. The zero-order valence-corrected chi connectivity index (χ0v) is 15.5. The van der Waals surface area contributed by atoms with Gasteiger partial charge >= 0.3 is 0 Å². The highest BCUT2D eigenvalue weighted by molar-refractivity contribution is 14.0. The van der Waals surface area contributed by atoms with Crippen molar-refractivity contribution >= 4 is 35.8 Å². The molecule has 0 aromatic heterocycles. The molecule has 0 saturated heterocycles. The molecule has 1 aromatic rings. The van der Waals surface area contributed by atoms with Crippen molar-refractivity contribution in [1.82, 2.24) is 16.0 Å². The molecule has 0 radical (unpaired) electrons. The fourth-order valence-electron chi connectivity index (χ4n) is 2.11. The Labute approximate surface area is 149 Å². The molecule has 22 heavy (non-hydrogen) atoms. The number of carbonyl (C=O) groups excluding carboxylic acids is 1. The number of rotatable bonds is 6. The number of aliphatic imine (C=N–C) groups is 1. The van der Waals surface area contributed by atoms with Gasteiger partial charge in [-0.05, 0) is 24.3 Å². The van der Waals surface area contributed by atoms with Crippen LogP contribution in [0, 0.1) is 5.92 Å². The van der Waals surface area contributed by atoms with Crippen LogP contribution in [0.2, 0.25) is 0 Å². The summed E-state index contributed by atoms with van der Waals surface area (Å²) in [7, 11) is 1.72. The van der Waals surface area contributed by atoms with Gasteiger partial charge in [-0.3, -0.25) is 9.79 Å². The minimum absolute atomic E-state index is 0. The third kappa shape index (κ3) is 6.64. The molecule has 1 fully saturated rings. The second-order valence-electron chi connectivity index (χ2n) is 5.48. The maximum Gasteiger partial charge on any atom is 0.239 e. The molecule has 0 bridgehead atoms. The van der Waals surface area contributed by atoms with Gasteiger partial charge in [0.1, 0.15) is 0 Å². The minimum Gasteiger partial charge on any atom is -0.354 e. The number of amides is 1. The van der Waals surface area contributed by atoms with E-state index in [0.717, 1.165) is 6.42 Å². The summed E-state index contributed by atoms with van der Waals surface area (Å²) in [5.41, 5.74) is 1.23. The number of halogens is 1. The lowest BCUT2D eigenvalue weighted by molar-refractivity contribution is -0.119. The van der Waals surface area contributed by atoms with E-state index in [-0.39, 0.29) is 36.4 Å². The molecule has 0 aliphatic heterocycles. The van der Waals surface area contributed by atoms with E-state index in [0.29, 0.717) is 24.5 Å². The lowest BCUT2D eigenvalue weighted by Crippen LogP contribution is -2.44. The van der Waals surface area contributed by atoms with Gasteiger partial charge < -0.3 is 16.0 Å². The van der Waals surface area contributed by atoms with Crippen molar-refractivity contribution in [3.8, 4) is 0 Å². The first-order valence-electron chi connectivity index (χ1n) is 7.47. The first-order chi connectivity index (χ1) is 10.2. The van der Waals surface area contributed by atoms with E-state index < -0.39 is 0 Å². The minimum atomic E-state index is -0.0160. The average molecular weight is 416 g/mol. The molecule has 0 spiro atoms. The molecule has 2 atom stereocenters. The molecule has 1 saturated carbocycles. The van der Waals surface area contributed by atoms with Gasteiger partial charge in [0.25, 0.3) is 0 Å². The molecule has 3 N–H and O–H groups in total. The van der Waals surface area contributed by atoms with Crippen LogP contribution in [0.1, 0.15) is 18.9 Å². The normalized spacial score (nSPS) is 19.8. The summed E-state index contributed by atoms with van der Waals surface area (Å²) in [5.74, 6) is 1.38. The maximum absolute atomic E-state index is 11.8. The van der Waals surface area contributed by atoms with E-state index in [2.05, 4.69) is 40.0 Å². The van der Waals surface area contributed by atoms with E-state index in [1.54, 1.807) is 7.05 Å². The van der Waals surface area contributed by atoms with E-state index in [4.69, 9.17) is 0 Å². The molecule has 6 heteroatoms. The lowest BCUT2D eigenvalue weighted by atomic mass is 10.1. The Hall–Kier alpha value is -1.31. The Morgan fingerprint density at radius 1 is 1.27 bits per heavy atom. The number of nitrogens with one attached hydrogen (secondary N) is 3. The van der Waals surface area contributed by atoms with Crippen molar-refractivity contribution in [1.29, 1.82) is 0 Å². The van der Waals surface area contributed by atoms with E-state index in [9.17, 15) is 4.79 Å². The summed E-state index contributed by atoms with van der Waals surface area (Å²) in [6, 6.07) is 10.6. The lowest BCUT2D eigenvalue weighted by Gasteiger charge is -2.11. The standard InChI is InChI=1S/C16H24N4O.HI/c1-12-10-14(12)20-16(17-2)19-11-15(21)18-9-8-13-6-4-3-5-7-13;/h3-7,12,14H,8-11H2,1-2H3,(H,18,21)(H2,17,19,20);1H. The predicted molar refractivity (Wildman–Crippen MR) is 101 cm³/mol. The van der Waals surface area contributed by atoms with E-state index >= 15 is 0 Å². The third-order valence-electron chi connectivity index (χ3n) is 3.65. The van der Waals surface area contributed by atoms with E-state index in [1.807, 2.05) is 18.2 Å². The topological polar surface area (TPSA) is 65.5 Å². The molecule has 1 aliphatic carbocycles. The molecule has 5 nitrogen and oxygen atoms in total. The van der Waals surface area contributed by atoms with E-state index in [1.165, 1.54) is 12.0 Å². The van der Waals surface area contributed by atoms with Crippen LogP contribution in [0.15, 0.2) is 35.3 Å². The number of carbonyl (C=O) groups is 1. The average Bonchev–Trinajstić information content (AvgIpc) is 3.19. The van der Waals surface area contributed by atoms with Crippen LogP contribution in [-0.4, -0.2) is 38.0 Å². The summed E-state index contributed by atoms with van der Waals surface area (Å²) in [4.78, 5) is 15.9. The van der Waals surface area contributed by atoms with Gasteiger partial charge in [0.2, 0.25) is 5.91 Å². The molecular weight excluding hydrogens is 391 g/mol. The molecule has 2 unspecified atom stereocenters. The van der Waals surface area contributed by atoms with Crippen molar-refractivity contribution < 1.29 is 4.79 Å². The van der Waals surface area contributed by atoms with Crippen LogP contribution in [0.25, 0.3) is 0 Å². The van der Waals surface area contributed by atoms with Gasteiger partial charge in [0, 0.05) is 19.6 Å². The predicted octanol–water partition coefficient (Wildman–Crippen LogP) is 1.54. The number of nitrogens with zero attached hydrogens (tertiary/aromatic N) is 1. The zero-order valence-electron chi connectivity index (χ0n) is 13.1. The number of guanidine groups is 1. The Morgan fingerprint density at radius 3 is 2.55 bits per heavy atom. The Morgan fingerprint density at radius 2 is 1.95 bits per heavy atom. The monoisotopic (exact) mass is 416 g/mol. The fourth-order valence-corrected chi connectivity index (χ4v) is 2.11. The molecule has 2 rings (SSSR count). The fraction of sp³-hybridized carbons (Fsp3) is 0.500. The summed E-state index contributed by atoms with van der Waals surface area (Å²) in [6.07, 6.45) is 2.02. The van der Waals surface area contributed by atoms with Crippen LogP contribution in [0.4, 0.5) is 0 Å². The van der Waals surface area contributed by atoms with Crippen molar-refractivity contribution in [2.75, 3.05) is 20.1 Å². The van der Waals surface area contributed by atoms with Gasteiger partial charge in [-0.15, -0.1) is 24.0 Å². The first kappa shape index (κ1) is 18.7. The molecule has 1 amide bonds. The van der Waals surface area contributed by atoms with Crippen LogP contribution < -0.4 is 16.0 Å². The molecular formula is C16H25IN4O. The van der Waals surface area contributed by atoms with Gasteiger partial charge in [-0.1, -0.05) is 37.3 Å². The van der Waals surface area contributed by atoms with Crippen LogP contribution in [0.3, 0.4) is 0 Å². The summed E-state index contributed by atoms with van der Waals surface area (Å²) in [5, 5.41) is 9.23. The Kier molecular flexibility index (Phi) is 8.22. The van der Waals surface area contributed by atoms with Crippen molar-refractivity contribution in [3.05, 3.63) is 35.9 Å². The summed E-state index contributed by atoms with van der Waals surface area (Å²) >= 11 is 0.